The van der Waals surface area contributed by atoms with E-state index in [0.29, 0.717) is 5.69 Å². The van der Waals surface area contributed by atoms with Crippen molar-refractivity contribution in [2.45, 2.75) is 11.8 Å². The molecule has 0 aliphatic carbocycles. The van der Waals surface area contributed by atoms with Crippen molar-refractivity contribution in [3.05, 3.63) is 35.3 Å². The minimum Gasteiger partial charge on any atom is -0.461 e. The number of thiazole rings is 1. The minimum absolute atomic E-state index is 0.0598. The molecule has 3 N–H and O–H groups in total. The van der Waals surface area contributed by atoms with E-state index in [9.17, 15) is 13.2 Å². The second-order valence-corrected chi connectivity index (χ2v) is 6.47. The van der Waals surface area contributed by atoms with E-state index in [-0.39, 0.29) is 22.3 Å². The van der Waals surface area contributed by atoms with Crippen molar-refractivity contribution >= 4 is 38.1 Å². The highest BCUT2D eigenvalue weighted by molar-refractivity contribution is 7.93. The lowest BCUT2D eigenvalue weighted by molar-refractivity contribution is 0.0520. The predicted molar refractivity (Wildman–Crippen MR) is 79.7 cm³/mol. The zero-order valence-electron chi connectivity index (χ0n) is 11.1. The van der Waals surface area contributed by atoms with E-state index in [1.807, 2.05) is 0 Å². The van der Waals surface area contributed by atoms with E-state index in [0.717, 1.165) is 11.3 Å². The molecule has 0 saturated carbocycles. The largest absolute Gasteiger partial charge is 0.461 e. The van der Waals surface area contributed by atoms with Crippen molar-refractivity contribution in [3.63, 3.8) is 0 Å². The number of rotatable bonds is 5. The lowest BCUT2D eigenvalue weighted by Crippen LogP contribution is -2.13. The Morgan fingerprint density at radius 3 is 2.67 bits per heavy atom. The van der Waals surface area contributed by atoms with Gasteiger partial charge in [-0.2, -0.15) is 0 Å². The standard InChI is InChI=1S/C12H13N3O4S2/c1-2-19-11(16)10-7-20-12(14-10)15-21(17,18)9-5-3-8(13)4-6-9/h3-7H,2,13H2,1H3,(H,14,15). The molecule has 0 aliphatic rings. The van der Waals surface area contributed by atoms with E-state index in [1.54, 1.807) is 6.92 Å². The number of nitrogens with zero attached hydrogens (tertiary/aromatic N) is 1. The van der Waals surface area contributed by atoms with Crippen molar-refractivity contribution in [3.8, 4) is 0 Å². The number of aromatic nitrogens is 1. The average Bonchev–Trinajstić information content (AvgIpc) is 2.87. The van der Waals surface area contributed by atoms with Gasteiger partial charge < -0.3 is 10.5 Å². The normalized spacial score (nSPS) is 11.1. The molecule has 0 spiro atoms. The molecule has 1 heterocycles. The van der Waals surface area contributed by atoms with Gasteiger partial charge in [-0.1, -0.05) is 0 Å². The Bertz CT molecular complexity index is 738. The number of carbonyl (C=O) groups is 1. The summed E-state index contributed by atoms with van der Waals surface area (Å²) in [5.74, 6) is -0.591. The Morgan fingerprint density at radius 2 is 2.05 bits per heavy atom. The predicted octanol–water partition coefficient (Wildman–Crippen LogP) is 1.70. The summed E-state index contributed by atoms with van der Waals surface area (Å²) in [5, 5.41) is 1.52. The van der Waals surface area contributed by atoms with Crippen LogP contribution in [0.5, 0.6) is 0 Å². The van der Waals surface area contributed by atoms with Crippen LogP contribution >= 0.6 is 11.3 Å². The zero-order chi connectivity index (χ0) is 15.5. The van der Waals surface area contributed by atoms with E-state index >= 15 is 0 Å². The first-order valence-electron chi connectivity index (χ1n) is 5.93. The number of hydrogen-bond donors (Lipinski definition) is 2. The fourth-order valence-electron chi connectivity index (χ4n) is 1.44. The molecule has 0 unspecified atom stereocenters. The van der Waals surface area contributed by atoms with Gasteiger partial charge in [0.2, 0.25) is 0 Å². The molecule has 0 radical (unpaired) electrons. The van der Waals surface area contributed by atoms with Crippen LogP contribution in [0.15, 0.2) is 34.5 Å². The number of esters is 1. The molecule has 0 fully saturated rings. The minimum atomic E-state index is -3.76. The number of hydrogen-bond acceptors (Lipinski definition) is 7. The van der Waals surface area contributed by atoms with Gasteiger partial charge in [0.25, 0.3) is 10.0 Å². The van der Waals surface area contributed by atoms with Crippen LogP contribution in [-0.2, 0) is 14.8 Å². The molecule has 0 bridgehead atoms. The SMILES string of the molecule is CCOC(=O)c1csc(NS(=O)(=O)c2ccc(N)cc2)n1. The van der Waals surface area contributed by atoms with Gasteiger partial charge >= 0.3 is 5.97 Å². The maximum Gasteiger partial charge on any atom is 0.357 e. The van der Waals surface area contributed by atoms with Gasteiger partial charge in [0.1, 0.15) is 0 Å². The van der Waals surface area contributed by atoms with Crippen LogP contribution < -0.4 is 10.5 Å². The zero-order valence-corrected chi connectivity index (χ0v) is 12.7. The van der Waals surface area contributed by atoms with E-state index in [4.69, 9.17) is 10.5 Å². The molecule has 0 atom stereocenters. The number of ether oxygens (including phenoxy) is 1. The lowest BCUT2D eigenvalue weighted by Gasteiger charge is -2.05. The van der Waals surface area contributed by atoms with E-state index in [2.05, 4.69) is 9.71 Å². The molecule has 0 saturated heterocycles. The highest BCUT2D eigenvalue weighted by Gasteiger charge is 2.18. The van der Waals surface area contributed by atoms with Crippen molar-refractivity contribution in [2.75, 3.05) is 17.1 Å². The topological polar surface area (TPSA) is 111 Å². The van der Waals surface area contributed by atoms with Crippen LogP contribution in [0.2, 0.25) is 0 Å². The molecule has 2 rings (SSSR count). The number of nitrogen functional groups attached to an aromatic ring is 1. The van der Waals surface area contributed by atoms with Crippen LogP contribution in [0.3, 0.4) is 0 Å². The summed E-state index contributed by atoms with van der Waals surface area (Å²) in [7, 11) is -3.76. The molecule has 2 aromatic rings. The highest BCUT2D eigenvalue weighted by Crippen LogP contribution is 2.21. The second kappa shape index (κ2) is 6.10. The van der Waals surface area contributed by atoms with Crippen LogP contribution in [0.25, 0.3) is 0 Å². The fourth-order valence-corrected chi connectivity index (χ4v) is 3.37. The van der Waals surface area contributed by atoms with Gasteiger partial charge in [0, 0.05) is 11.1 Å². The van der Waals surface area contributed by atoms with E-state index < -0.39 is 16.0 Å². The maximum atomic E-state index is 12.1. The first-order chi connectivity index (χ1) is 9.92. The summed E-state index contributed by atoms with van der Waals surface area (Å²) >= 11 is 1.00. The van der Waals surface area contributed by atoms with Gasteiger partial charge in [-0.25, -0.2) is 18.2 Å². The van der Waals surface area contributed by atoms with Gasteiger partial charge in [-0.3, -0.25) is 4.72 Å². The highest BCUT2D eigenvalue weighted by atomic mass is 32.2. The fraction of sp³-hybridized carbons (Fsp3) is 0.167. The molecule has 1 aromatic heterocycles. The molecule has 9 heteroatoms. The Labute approximate surface area is 125 Å². The number of sulfonamides is 1. The molecule has 1 aromatic carbocycles. The maximum absolute atomic E-state index is 12.1. The first-order valence-corrected chi connectivity index (χ1v) is 8.29. The second-order valence-electron chi connectivity index (χ2n) is 3.93. The Kier molecular flexibility index (Phi) is 4.43. The number of nitrogens with two attached hydrogens (primary N) is 1. The monoisotopic (exact) mass is 327 g/mol. The molecule has 0 aliphatic heterocycles. The number of benzene rings is 1. The smallest absolute Gasteiger partial charge is 0.357 e. The number of nitrogens with one attached hydrogen (secondary N) is 1. The third kappa shape index (κ3) is 3.70. The summed E-state index contributed by atoms with van der Waals surface area (Å²) < 4.78 is 31.3. The molecular weight excluding hydrogens is 314 g/mol. The molecule has 7 nitrogen and oxygen atoms in total. The third-order valence-electron chi connectivity index (χ3n) is 2.40. The molecule has 112 valence electrons. The Balaban J connectivity index is 2.17. The third-order valence-corrected chi connectivity index (χ3v) is 4.64. The lowest BCUT2D eigenvalue weighted by atomic mass is 10.3. The summed E-state index contributed by atoms with van der Waals surface area (Å²) in [6.45, 7) is 1.90. The molecule has 21 heavy (non-hydrogen) atoms. The quantitative estimate of drug-likeness (QED) is 0.638. The molecular formula is C12H13N3O4S2. The summed E-state index contributed by atoms with van der Waals surface area (Å²) in [4.78, 5) is 15.4. The Morgan fingerprint density at radius 1 is 1.38 bits per heavy atom. The van der Waals surface area contributed by atoms with Crippen molar-refractivity contribution in [1.82, 2.24) is 4.98 Å². The van der Waals surface area contributed by atoms with Crippen molar-refractivity contribution in [2.24, 2.45) is 0 Å². The first kappa shape index (κ1) is 15.3. The van der Waals surface area contributed by atoms with Crippen molar-refractivity contribution < 1.29 is 17.9 Å². The summed E-state index contributed by atoms with van der Waals surface area (Å²) in [5.41, 5.74) is 6.04. The number of carbonyl (C=O) groups excluding carboxylic acids is 1. The van der Waals surface area contributed by atoms with Gasteiger partial charge in [-0.05, 0) is 31.2 Å². The van der Waals surface area contributed by atoms with Gasteiger partial charge in [0.05, 0.1) is 11.5 Å². The van der Waals surface area contributed by atoms with Crippen LogP contribution in [-0.4, -0.2) is 26.0 Å². The average molecular weight is 327 g/mol. The van der Waals surface area contributed by atoms with E-state index in [1.165, 1.54) is 29.6 Å². The van der Waals surface area contributed by atoms with Crippen molar-refractivity contribution in [1.29, 1.82) is 0 Å². The van der Waals surface area contributed by atoms with Crippen LogP contribution in [0, 0.1) is 0 Å². The Hall–Kier alpha value is -2.13. The van der Waals surface area contributed by atoms with Gasteiger partial charge in [-0.15, -0.1) is 11.3 Å². The summed E-state index contributed by atoms with van der Waals surface area (Å²) in [6.07, 6.45) is 0. The number of anilines is 2. The van der Waals surface area contributed by atoms with Gasteiger partial charge in [0.15, 0.2) is 10.8 Å². The van der Waals surface area contributed by atoms with Crippen LogP contribution in [0.1, 0.15) is 17.4 Å². The molecule has 0 amide bonds. The summed E-state index contributed by atoms with van der Waals surface area (Å²) in [6, 6.07) is 5.75. The van der Waals surface area contributed by atoms with Crippen LogP contribution in [0.4, 0.5) is 10.8 Å².